The molecule has 0 aliphatic rings. The van der Waals surface area contributed by atoms with Crippen molar-refractivity contribution < 1.29 is 14.3 Å². The minimum Gasteiger partial charge on any atom is -0.497 e. The summed E-state index contributed by atoms with van der Waals surface area (Å²) in [6.07, 6.45) is 4.75. The maximum atomic E-state index is 12.6. The molecule has 1 heterocycles. The van der Waals surface area contributed by atoms with E-state index in [1.165, 1.54) is 0 Å². The summed E-state index contributed by atoms with van der Waals surface area (Å²) in [6.45, 7) is 4.53. The molecule has 0 atom stereocenters. The molecule has 0 bridgehead atoms. The van der Waals surface area contributed by atoms with Crippen molar-refractivity contribution in [2.75, 3.05) is 7.11 Å². The van der Waals surface area contributed by atoms with E-state index in [4.69, 9.17) is 4.74 Å². The number of nitrogens with zero attached hydrogens (tertiary/aromatic N) is 2. The van der Waals surface area contributed by atoms with Gasteiger partial charge in [-0.1, -0.05) is 6.07 Å². The molecular formula is C21H26N2O3. The second-order valence-electron chi connectivity index (χ2n) is 6.48. The Morgan fingerprint density at radius 2 is 1.85 bits per heavy atom. The normalized spacial score (nSPS) is 10.6. The third kappa shape index (κ3) is 5.69. The number of methoxy groups -OCH3 is 1. The van der Waals surface area contributed by atoms with E-state index in [1.807, 2.05) is 30.9 Å². The van der Waals surface area contributed by atoms with Crippen LogP contribution in [0.2, 0.25) is 0 Å². The monoisotopic (exact) mass is 354 g/mol. The Balaban J connectivity index is 1.86. The third-order valence-corrected chi connectivity index (χ3v) is 4.23. The van der Waals surface area contributed by atoms with Crippen molar-refractivity contribution in [2.45, 2.75) is 45.7 Å². The summed E-state index contributed by atoms with van der Waals surface area (Å²) in [6, 6.07) is 11.0. The van der Waals surface area contributed by atoms with Gasteiger partial charge in [-0.15, -0.1) is 0 Å². The predicted octanol–water partition coefficient (Wildman–Crippen LogP) is 3.88. The van der Waals surface area contributed by atoms with Crippen molar-refractivity contribution in [3.63, 3.8) is 0 Å². The average molecular weight is 354 g/mol. The van der Waals surface area contributed by atoms with E-state index in [9.17, 15) is 9.59 Å². The van der Waals surface area contributed by atoms with Crippen molar-refractivity contribution in [2.24, 2.45) is 0 Å². The van der Waals surface area contributed by atoms with E-state index in [1.54, 1.807) is 43.8 Å². The summed E-state index contributed by atoms with van der Waals surface area (Å²) in [5.74, 6) is 0.829. The number of benzene rings is 1. The van der Waals surface area contributed by atoms with Gasteiger partial charge in [-0.25, -0.2) is 0 Å². The van der Waals surface area contributed by atoms with Crippen LogP contribution in [0.3, 0.4) is 0 Å². The zero-order valence-corrected chi connectivity index (χ0v) is 15.6. The Labute approximate surface area is 155 Å². The lowest BCUT2D eigenvalue weighted by Crippen LogP contribution is -2.36. The lowest BCUT2D eigenvalue weighted by atomic mass is 10.0. The molecule has 1 aromatic carbocycles. The van der Waals surface area contributed by atoms with Crippen LogP contribution in [0.1, 0.15) is 49.0 Å². The van der Waals surface area contributed by atoms with Gasteiger partial charge in [0.2, 0.25) is 5.91 Å². The van der Waals surface area contributed by atoms with Crippen LogP contribution in [0.15, 0.2) is 48.8 Å². The number of carbonyl (C=O) groups excluding carboxylic acids is 2. The number of pyridine rings is 1. The van der Waals surface area contributed by atoms with Crippen LogP contribution in [0.5, 0.6) is 5.75 Å². The molecule has 0 saturated carbocycles. The van der Waals surface area contributed by atoms with E-state index in [2.05, 4.69) is 4.98 Å². The van der Waals surface area contributed by atoms with E-state index in [-0.39, 0.29) is 17.7 Å². The zero-order chi connectivity index (χ0) is 18.9. The van der Waals surface area contributed by atoms with Gasteiger partial charge >= 0.3 is 0 Å². The van der Waals surface area contributed by atoms with Crippen molar-refractivity contribution in [1.29, 1.82) is 0 Å². The van der Waals surface area contributed by atoms with Crippen molar-refractivity contribution in [1.82, 2.24) is 9.88 Å². The van der Waals surface area contributed by atoms with E-state index in [0.717, 1.165) is 11.3 Å². The molecule has 5 nitrogen and oxygen atoms in total. The second kappa shape index (κ2) is 9.70. The van der Waals surface area contributed by atoms with Crippen LogP contribution in [-0.2, 0) is 11.3 Å². The fourth-order valence-corrected chi connectivity index (χ4v) is 2.71. The van der Waals surface area contributed by atoms with Gasteiger partial charge in [0.15, 0.2) is 5.78 Å². The highest BCUT2D eigenvalue weighted by Gasteiger charge is 2.17. The molecular weight excluding hydrogens is 328 g/mol. The van der Waals surface area contributed by atoms with Gasteiger partial charge in [0.1, 0.15) is 5.75 Å². The quantitative estimate of drug-likeness (QED) is 0.641. The Bertz CT molecular complexity index is 712. The number of Topliss-reactive ketones (excluding diaryl/α,β-unsaturated/α-hetero) is 1. The summed E-state index contributed by atoms with van der Waals surface area (Å²) < 4.78 is 5.09. The minimum absolute atomic E-state index is 0.0452. The molecule has 0 N–H and O–H groups in total. The number of hydrogen-bond acceptors (Lipinski definition) is 4. The molecule has 2 aromatic rings. The van der Waals surface area contributed by atoms with Gasteiger partial charge in [-0.2, -0.15) is 0 Å². The van der Waals surface area contributed by atoms with Gasteiger partial charge < -0.3 is 9.64 Å². The molecule has 26 heavy (non-hydrogen) atoms. The van der Waals surface area contributed by atoms with Gasteiger partial charge in [0.25, 0.3) is 0 Å². The van der Waals surface area contributed by atoms with Gasteiger partial charge in [0.05, 0.1) is 7.11 Å². The molecule has 138 valence electrons. The highest BCUT2D eigenvalue weighted by molar-refractivity contribution is 5.96. The van der Waals surface area contributed by atoms with Crippen LogP contribution < -0.4 is 4.74 Å². The number of hydrogen-bond donors (Lipinski definition) is 0. The van der Waals surface area contributed by atoms with E-state index < -0.39 is 0 Å². The highest BCUT2D eigenvalue weighted by atomic mass is 16.5. The van der Waals surface area contributed by atoms with Crippen LogP contribution in [-0.4, -0.2) is 34.7 Å². The molecule has 1 amide bonds. The number of rotatable bonds is 9. The number of ketones is 1. The Morgan fingerprint density at radius 1 is 1.12 bits per heavy atom. The number of ether oxygens (including phenoxy) is 1. The van der Waals surface area contributed by atoms with Crippen molar-refractivity contribution >= 4 is 11.7 Å². The first-order valence-electron chi connectivity index (χ1n) is 8.87. The Kier molecular flexibility index (Phi) is 7.33. The van der Waals surface area contributed by atoms with Crippen LogP contribution in [0.4, 0.5) is 0 Å². The van der Waals surface area contributed by atoms with E-state index >= 15 is 0 Å². The number of aromatic nitrogens is 1. The first-order valence-corrected chi connectivity index (χ1v) is 8.87. The smallest absolute Gasteiger partial charge is 0.223 e. The molecule has 2 rings (SSSR count). The summed E-state index contributed by atoms with van der Waals surface area (Å²) >= 11 is 0. The maximum Gasteiger partial charge on any atom is 0.223 e. The van der Waals surface area contributed by atoms with Crippen LogP contribution >= 0.6 is 0 Å². The summed E-state index contributed by atoms with van der Waals surface area (Å²) in [5, 5.41) is 0. The number of amides is 1. The Morgan fingerprint density at radius 3 is 2.42 bits per heavy atom. The van der Waals surface area contributed by atoms with Gasteiger partial charge in [0, 0.05) is 43.4 Å². The topological polar surface area (TPSA) is 59.5 Å². The van der Waals surface area contributed by atoms with Crippen LogP contribution in [0, 0.1) is 0 Å². The molecule has 0 saturated heterocycles. The molecule has 5 heteroatoms. The van der Waals surface area contributed by atoms with Crippen LogP contribution in [0.25, 0.3) is 0 Å². The zero-order valence-electron chi connectivity index (χ0n) is 15.6. The standard InChI is InChI=1S/C21H26N2O3/c1-16(2)23(15-17-6-5-13-22-14-17)21(25)8-4-7-20(24)18-9-11-19(26-3)12-10-18/h5-6,9-14,16H,4,7-8,15H2,1-3H3. The predicted molar refractivity (Wildman–Crippen MR) is 101 cm³/mol. The Hall–Kier alpha value is -2.69. The first kappa shape index (κ1) is 19.6. The van der Waals surface area contributed by atoms with Gasteiger partial charge in [-0.3, -0.25) is 14.6 Å². The fourth-order valence-electron chi connectivity index (χ4n) is 2.71. The molecule has 1 aromatic heterocycles. The van der Waals surface area contributed by atoms with Crippen molar-refractivity contribution in [3.05, 3.63) is 59.9 Å². The lowest BCUT2D eigenvalue weighted by Gasteiger charge is -2.27. The third-order valence-electron chi connectivity index (χ3n) is 4.23. The fraction of sp³-hybridized carbons (Fsp3) is 0.381. The lowest BCUT2D eigenvalue weighted by molar-refractivity contribution is -0.133. The summed E-state index contributed by atoms with van der Waals surface area (Å²) in [7, 11) is 1.59. The molecule has 0 aliphatic heterocycles. The highest BCUT2D eigenvalue weighted by Crippen LogP contribution is 2.15. The molecule has 0 fully saturated rings. The molecule has 0 aliphatic carbocycles. The van der Waals surface area contributed by atoms with Gasteiger partial charge in [-0.05, 0) is 56.2 Å². The first-order chi connectivity index (χ1) is 12.5. The number of carbonyl (C=O) groups is 2. The largest absolute Gasteiger partial charge is 0.497 e. The average Bonchev–Trinajstić information content (AvgIpc) is 2.66. The summed E-state index contributed by atoms with van der Waals surface area (Å²) in [4.78, 5) is 30.7. The van der Waals surface area contributed by atoms with E-state index in [0.29, 0.717) is 31.4 Å². The molecule has 0 spiro atoms. The SMILES string of the molecule is COc1ccc(C(=O)CCCC(=O)N(Cc2cccnc2)C(C)C)cc1. The minimum atomic E-state index is 0.0452. The van der Waals surface area contributed by atoms with Crippen molar-refractivity contribution in [3.8, 4) is 5.75 Å². The molecule has 0 radical (unpaired) electrons. The summed E-state index contributed by atoms with van der Waals surface area (Å²) in [5.41, 5.74) is 1.65. The second-order valence-corrected chi connectivity index (χ2v) is 6.48. The molecule has 0 unspecified atom stereocenters. The maximum absolute atomic E-state index is 12.6.